The lowest BCUT2D eigenvalue weighted by Crippen LogP contribution is -2.49. The minimum atomic E-state index is -0.928. The van der Waals surface area contributed by atoms with E-state index < -0.39 is 6.09 Å². The smallest absolute Gasteiger partial charge is 0.407 e. The van der Waals surface area contributed by atoms with Crippen LogP contribution in [0.5, 0.6) is 0 Å². The quantitative estimate of drug-likeness (QED) is 0.593. The molecular weight excluding hydrogens is 158 g/mol. The van der Waals surface area contributed by atoms with Crippen LogP contribution in [0.25, 0.3) is 0 Å². The predicted molar refractivity (Wildman–Crippen MR) is 43.0 cm³/mol. The van der Waals surface area contributed by atoms with E-state index in [1.54, 1.807) is 13.8 Å². The highest BCUT2D eigenvalue weighted by Gasteiger charge is 2.32. The minimum Gasteiger partial charge on any atom is -0.465 e. The van der Waals surface area contributed by atoms with Gasteiger partial charge in [0.25, 0.3) is 0 Å². The number of carbonyl (C=O) groups excluding carboxylic acids is 1. The van der Waals surface area contributed by atoms with Crippen molar-refractivity contribution in [3.05, 3.63) is 0 Å². The van der Waals surface area contributed by atoms with Crippen LogP contribution in [0.2, 0.25) is 0 Å². The first-order chi connectivity index (χ1) is 5.52. The third-order valence-corrected chi connectivity index (χ3v) is 2.22. The zero-order valence-electron chi connectivity index (χ0n) is 7.28. The third-order valence-electron chi connectivity index (χ3n) is 2.22. The van der Waals surface area contributed by atoms with Crippen molar-refractivity contribution < 1.29 is 14.7 Å². The molecule has 2 atom stereocenters. The molecule has 0 aromatic rings. The molecule has 0 aliphatic carbocycles. The van der Waals surface area contributed by atoms with Crippen LogP contribution < -0.4 is 0 Å². The maximum atomic E-state index is 11.0. The van der Waals surface area contributed by atoms with Gasteiger partial charge in [-0.2, -0.15) is 0 Å². The molecule has 1 aliphatic heterocycles. The molecule has 4 heteroatoms. The van der Waals surface area contributed by atoms with Crippen LogP contribution in [0, 0.1) is 0 Å². The largest absolute Gasteiger partial charge is 0.465 e. The number of ketones is 1. The fraction of sp³-hybridized carbons (Fsp3) is 0.750. The molecule has 0 radical (unpaired) electrons. The van der Waals surface area contributed by atoms with Crippen molar-refractivity contribution in [2.75, 3.05) is 0 Å². The molecule has 1 rings (SSSR count). The average molecular weight is 171 g/mol. The van der Waals surface area contributed by atoms with Gasteiger partial charge in [0, 0.05) is 24.9 Å². The van der Waals surface area contributed by atoms with Crippen molar-refractivity contribution >= 4 is 11.9 Å². The van der Waals surface area contributed by atoms with E-state index in [0.717, 1.165) is 0 Å². The molecule has 1 heterocycles. The molecule has 0 aromatic carbocycles. The fourth-order valence-corrected chi connectivity index (χ4v) is 1.75. The molecule has 12 heavy (non-hydrogen) atoms. The summed E-state index contributed by atoms with van der Waals surface area (Å²) in [7, 11) is 0. The Morgan fingerprint density at radius 2 is 1.83 bits per heavy atom. The van der Waals surface area contributed by atoms with Gasteiger partial charge >= 0.3 is 6.09 Å². The summed E-state index contributed by atoms with van der Waals surface area (Å²) in [4.78, 5) is 23.1. The lowest BCUT2D eigenvalue weighted by molar-refractivity contribution is -0.123. The summed E-state index contributed by atoms with van der Waals surface area (Å²) in [5.74, 6) is 0.160. The van der Waals surface area contributed by atoms with E-state index in [-0.39, 0.29) is 17.9 Å². The first kappa shape index (κ1) is 9.03. The number of hydrogen-bond donors (Lipinski definition) is 1. The van der Waals surface area contributed by atoms with Crippen LogP contribution in [-0.2, 0) is 4.79 Å². The summed E-state index contributed by atoms with van der Waals surface area (Å²) in [6, 6.07) is -0.336. The van der Waals surface area contributed by atoms with E-state index >= 15 is 0 Å². The summed E-state index contributed by atoms with van der Waals surface area (Å²) in [5, 5.41) is 8.78. The van der Waals surface area contributed by atoms with Gasteiger partial charge in [-0.1, -0.05) is 0 Å². The second-order valence-electron chi connectivity index (χ2n) is 3.33. The van der Waals surface area contributed by atoms with Crippen molar-refractivity contribution in [3.8, 4) is 0 Å². The van der Waals surface area contributed by atoms with E-state index in [4.69, 9.17) is 5.11 Å². The van der Waals surface area contributed by atoms with Crippen LogP contribution in [0.15, 0.2) is 0 Å². The molecule has 2 unspecified atom stereocenters. The molecule has 68 valence electrons. The second-order valence-corrected chi connectivity index (χ2v) is 3.33. The number of nitrogens with zero attached hydrogens (tertiary/aromatic N) is 1. The Bertz CT molecular complexity index is 200. The van der Waals surface area contributed by atoms with E-state index in [1.807, 2.05) is 0 Å². The fourth-order valence-electron chi connectivity index (χ4n) is 1.75. The summed E-state index contributed by atoms with van der Waals surface area (Å²) in [6.45, 7) is 3.53. The van der Waals surface area contributed by atoms with Gasteiger partial charge < -0.3 is 10.0 Å². The number of carboxylic acid groups (broad SMARTS) is 1. The zero-order chi connectivity index (χ0) is 9.30. The Morgan fingerprint density at radius 3 is 2.17 bits per heavy atom. The maximum absolute atomic E-state index is 11.0. The van der Waals surface area contributed by atoms with Crippen molar-refractivity contribution in [1.82, 2.24) is 4.90 Å². The summed E-state index contributed by atoms with van der Waals surface area (Å²) >= 11 is 0. The van der Waals surface area contributed by atoms with Crippen molar-refractivity contribution in [1.29, 1.82) is 0 Å². The normalized spacial score (nSPS) is 30.5. The standard InChI is InChI=1S/C8H13NO3/c1-5-3-7(10)4-6(2)9(5)8(11)12/h5-6H,3-4H2,1-2H3,(H,11,12). The highest BCUT2D eigenvalue weighted by molar-refractivity contribution is 5.82. The van der Waals surface area contributed by atoms with Gasteiger partial charge in [-0.3, -0.25) is 4.79 Å². The van der Waals surface area contributed by atoms with E-state index in [9.17, 15) is 9.59 Å². The van der Waals surface area contributed by atoms with Gasteiger partial charge in [0.2, 0.25) is 0 Å². The number of carbonyl (C=O) groups is 2. The van der Waals surface area contributed by atoms with Crippen LogP contribution in [0.4, 0.5) is 4.79 Å². The second kappa shape index (κ2) is 3.13. The number of piperidine rings is 1. The van der Waals surface area contributed by atoms with E-state index in [2.05, 4.69) is 0 Å². The predicted octanol–water partition coefficient (Wildman–Crippen LogP) is 1.11. The van der Waals surface area contributed by atoms with Crippen molar-refractivity contribution in [3.63, 3.8) is 0 Å². The monoisotopic (exact) mass is 171 g/mol. The number of Topliss-reactive ketones (excluding diaryl/α,β-unsaturated/α-hetero) is 1. The molecule has 1 N–H and O–H groups in total. The Balaban J connectivity index is 2.73. The molecule has 0 bridgehead atoms. The van der Waals surface area contributed by atoms with Crippen LogP contribution in [0.1, 0.15) is 26.7 Å². The van der Waals surface area contributed by atoms with Gasteiger partial charge in [0.1, 0.15) is 5.78 Å². The Hall–Kier alpha value is -1.06. The summed E-state index contributed by atoms with van der Waals surface area (Å²) in [5.41, 5.74) is 0. The van der Waals surface area contributed by atoms with E-state index in [0.29, 0.717) is 12.8 Å². The SMILES string of the molecule is CC1CC(=O)CC(C)N1C(=O)O. The number of hydrogen-bond acceptors (Lipinski definition) is 2. The minimum absolute atomic E-state index is 0.160. The molecule has 1 amide bonds. The Kier molecular flexibility index (Phi) is 2.35. The average Bonchev–Trinajstić information content (AvgIpc) is 1.82. The number of likely N-dealkylation sites (tertiary alicyclic amines) is 1. The first-order valence-electron chi connectivity index (χ1n) is 4.05. The molecule has 1 aliphatic rings. The Morgan fingerprint density at radius 1 is 1.42 bits per heavy atom. The van der Waals surface area contributed by atoms with Gasteiger partial charge in [0.15, 0.2) is 0 Å². The third kappa shape index (κ3) is 1.57. The van der Waals surface area contributed by atoms with Crippen molar-refractivity contribution in [2.24, 2.45) is 0 Å². The van der Waals surface area contributed by atoms with Crippen LogP contribution in [0.3, 0.4) is 0 Å². The molecule has 0 aromatic heterocycles. The van der Waals surface area contributed by atoms with E-state index in [1.165, 1.54) is 4.90 Å². The summed E-state index contributed by atoms with van der Waals surface area (Å²) in [6.07, 6.45) is -0.213. The first-order valence-corrected chi connectivity index (χ1v) is 4.05. The van der Waals surface area contributed by atoms with Gasteiger partial charge in [0.05, 0.1) is 0 Å². The number of rotatable bonds is 0. The van der Waals surface area contributed by atoms with Gasteiger partial charge in [-0.25, -0.2) is 4.79 Å². The van der Waals surface area contributed by atoms with Gasteiger partial charge in [-0.15, -0.1) is 0 Å². The molecule has 4 nitrogen and oxygen atoms in total. The lowest BCUT2D eigenvalue weighted by Gasteiger charge is -2.35. The molecule has 0 spiro atoms. The Labute approximate surface area is 71.2 Å². The molecule has 1 saturated heterocycles. The van der Waals surface area contributed by atoms with Crippen LogP contribution >= 0.6 is 0 Å². The molecule has 1 fully saturated rings. The zero-order valence-corrected chi connectivity index (χ0v) is 7.28. The lowest BCUT2D eigenvalue weighted by atomic mass is 9.97. The highest BCUT2D eigenvalue weighted by atomic mass is 16.4. The summed E-state index contributed by atoms with van der Waals surface area (Å²) < 4.78 is 0. The highest BCUT2D eigenvalue weighted by Crippen LogP contribution is 2.19. The topological polar surface area (TPSA) is 57.6 Å². The molecule has 0 saturated carbocycles. The maximum Gasteiger partial charge on any atom is 0.407 e. The van der Waals surface area contributed by atoms with Gasteiger partial charge in [-0.05, 0) is 13.8 Å². The molecular formula is C8H13NO3. The van der Waals surface area contributed by atoms with Crippen molar-refractivity contribution in [2.45, 2.75) is 38.8 Å². The number of amides is 1. The van der Waals surface area contributed by atoms with Crippen LogP contribution in [-0.4, -0.2) is 34.0 Å².